The van der Waals surface area contributed by atoms with Gasteiger partial charge in [0.25, 0.3) is 0 Å². The van der Waals surface area contributed by atoms with Gasteiger partial charge in [-0.15, -0.1) is 11.3 Å². The van der Waals surface area contributed by atoms with Gasteiger partial charge >= 0.3 is 5.97 Å². The number of halogens is 2. The summed E-state index contributed by atoms with van der Waals surface area (Å²) in [6.45, 7) is 0. The number of aliphatic carboxylic acids is 1. The molecule has 0 aliphatic rings. The number of hydrogen-bond donors (Lipinski definition) is 1. The van der Waals surface area contributed by atoms with E-state index in [-0.39, 0.29) is 11.1 Å². The van der Waals surface area contributed by atoms with Crippen molar-refractivity contribution in [2.45, 2.75) is 0 Å². The van der Waals surface area contributed by atoms with Gasteiger partial charge in [0.2, 0.25) is 0 Å². The molecule has 0 unspecified atom stereocenters. The second kappa shape index (κ2) is 5.33. The van der Waals surface area contributed by atoms with Crippen molar-refractivity contribution in [2.24, 2.45) is 0 Å². The summed E-state index contributed by atoms with van der Waals surface area (Å²) in [5.74, 6) is -1.61. The molecule has 2 aromatic rings. The molecule has 0 radical (unpaired) electrons. The van der Waals surface area contributed by atoms with Gasteiger partial charge in [-0.25, -0.2) is 9.18 Å². The van der Waals surface area contributed by atoms with Crippen molar-refractivity contribution in [1.29, 1.82) is 0 Å². The maximum Gasteiger partial charge on any atom is 0.337 e. The zero-order valence-corrected chi connectivity index (χ0v) is 10.6. The molecule has 18 heavy (non-hydrogen) atoms. The van der Waals surface area contributed by atoms with Crippen LogP contribution in [0.15, 0.2) is 35.7 Å². The number of carboxylic acid groups (broad SMARTS) is 1. The van der Waals surface area contributed by atoms with Crippen LogP contribution in [-0.4, -0.2) is 11.1 Å². The van der Waals surface area contributed by atoms with Crippen LogP contribution in [-0.2, 0) is 4.79 Å². The largest absolute Gasteiger partial charge is 0.478 e. The summed E-state index contributed by atoms with van der Waals surface area (Å²) in [5.41, 5.74) is 0.208. The van der Waals surface area contributed by atoms with Gasteiger partial charge in [0.1, 0.15) is 5.82 Å². The Balaban J connectivity index is 2.52. The molecule has 0 bridgehead atoms. The number of hydrogen-bond acceptors (Lipinski definition) is 2. The number of benzene rings is 1. The summed E-state index contributed by atoms with van der Waals surface area (Å²) in [6.07, 6.45) is 1.29. The van der Waals surface area contributed by atoms with E-state index >= 15 is 0 Å². The molecule has 0 saturated heterocycles. The van der Waals surface area contributed by atoms with Crippen LogP contribution < -0.4 is 0 Å². The van der Waals surface area contributed by atoms with Crippen molar-refractivity contribution in [1.82, 2.24) is 0 Å². The summed E-state index contributed by atoms with van der Waals surface area (Å²) in [4.78, 5) is 11.8. The van der Waals surface area contributed by atoms with Crippen LogP contribution in [0.3, 0.4) is 0 Å². The predicted octanol–water partition coefficient (Wildman–Crippen LogP) is 4.17. The molecule has 92 valence electrons. The fourth-order valence-corrected chi connectivity index (χ4v) is 2.37. The summed E-state index contributed by atoms with van der Waals surface area (Å²) >= 11 is 7.05. The molecule has 0 atom stereocenters. The Morgan fingerprint density at radius 3 is 2.78 bits per heavy atom. The Hall–Kier alpha value is -1.65. The highest BCUT2D eigenvalue weighted by molar-refractivity contribution is 7.11. The van der Waals surface area contributed by atoms with Crippen LogP contribution >= 0.6 is 22.9 Å². The Morgan fingerprint density at radius 1 is 1.39 bits per heavy atom. The lowest BCUT2D eigenvalue weighted by Crippen LogP contribution is -1.98. The van der Waals surface area contributed by atoms with E-state index in [9.17, 15) is 9.18 Å². The molecule has 1 N–H and O–H groups in total. The average molecular weight is 283 g/mol. The third-order valence-corrected chi connectivity index (χ3v) is 3.41. The molecule has 1 heterocycles. The molecule has 0 amide bonds. The summed E-state index contributed by atoms with van der Waals surface area (Å²) in [5, 5.41) is 11.3. The fourth-order valence-electron chi connectivity index (χ4n) is 1.45. The molecule has 0 aliphatic carbocycles. The Morgan fingerprint density at radius 2 is 2.17 bits per heavy atom. The molecule has 5 heteroatoms. The average Bonchev–Trinajstić information content (AvgIpc) is 2.83. The van der Waals surface area contributed by atoms with E-state index < -0.39 is 11.8 Å². The van der Waals surface area contributed by atoms with Crippen molar-refractivity contribution in [3.05, 3.63) is 57.0 Å². The van der Waals surface area contributed by atoms with Gasteiger partial charge < -0.3 is 5.11 Å². The van der Waals surface area contributed by atoms with Crippen LogP contribution in [0.2, 0.25) is 5.02 Å². The molecule has 2 nitrogen and oxygen atoms in total. The molecule has 0 spiro atoms. The lowest BCUT2D eigenvalue weighted by Gasteiger charge is -2.02. The van der Waals surface area contributed by atoms with Crippen molar-refractivity contribution >= 4 is 40.6 Å². The van der Waals surface area contributed by atoms with E-state index in [1.165, 1.54) is 35.6 Å². The zero-order valence-electron chi connectivity index (χ0n) is 9.06. The minimum absolute atomic E-state index is 0.0474. The van der Waals surface area contributed by atoms with E-state index in [2.05, 4.69) is 0 Å². The summed E-state index contributed by atoms with van der Waals surface area (Å²) < 4.78 is 13.5. The maximum absolute atomic E-state index is 13.5. The van der Waals surface area contributed by atoms with Crippen LogP contribution in [0.5, 0.6) is 0 Å². The SMILES string of the molecule is O=C(O)/C(=C/c1cc(Cl)ccc1F)c1cccs1. The Kier molecular flexibility index (Phi) is 3.79. The second-order valence-electron chi connectivity index (χ2n) is 3.51. The standard InChI is InChI=1S/C13H8ClFO2S/c14-9-3-4-11(15)8(6-9)7-10(13(16)17)12-2-1-5-18-12/h1-7H,(H,16,17)/b10-7+. The molecule has 0 fully saturated rings. The molecule has 0 aliphatic heterocycles. The van der Waals surface area contributed by atoms with Gasteiger partial charge in [0.05, 0.1) is 5.57 Å². The van der Waals surface area contributed by atoms with E-state index in [4.69, 9.17) is 16.7 Å². The Labute approximate surface area is 112 Å². The Bertz CT molecular complexity index is 605. The van der Waals surface area contributed by atoms with Crippen molar-refractivity contribution in [3.63, 3.8) is 0 Å². The van der Waals surface area contributed by atoms with Crippen LogP contribution in [0, 0.1) is 5.82 Å². The van der Waals surface area contributed by atoms with Gasteiger partial charge in [0.15, 0.2) is 0 Å². The van der Waals surface area contributed by atoms with Gasteiger partial charge in [-0.1, -0.05) is 17.7 Å². The fraction of sp³-hybridized carbons (Fsp3) is 0. The van der Waals surface area contributed by atoms with Crippen LogP contribution in [0.4, 0.5) is 4.39 Å². The normalized spacial score (nSPS) is 11.6. The summed E-state index contributed by atoms with van der Waals surface area (Å²) in [6, 6.07) is 7.44. The number of carbonyl (C=O) groups is 1. The molecular weight excluding hydrogens is 275 g/mol. The highest BCUT2D eigenvalue weighted by Crippen LogP contribution is 2.25. The third-order valence-electron chi connectivity index (χ3n) is 2.27. The quantitative estimate of drug-likeness (QED) is 0.858. The van der Waals surface area contributed by atoms with Gasteiger partial charge in [-0.3, -0.25) is 0 Å². The lowest BCUT2D eigenvalue weighted by atomic mass is 10.1. The van der Waals surface area contributed by atoms with Crippen molar-refractivity contribution < 1.29 is 14.3 Å². The van der Waals surface area contributed by atoms with E-state index in [0.29, 0.717) is 9.90 Å². The van der Waals surface area contributed by atoms with Gasteiger partial charge in [-0.2, -0.15) is 0 Å². The van der Waals surface area contributed by atoms with Gasteiger partial charge in [-0.05, 0) is 35.7 Å². The zero-order chi connectivity index (χ0) is 13.1. The lowest BCUT2D eigenvalue weighted by molar-refractivity contribution is -0.130. The first kappa shape index (κ1) is 12.8. The first-order valence-corrected chi connectivity index (χ1v) is 6.27. The first-order chi connectivity index (χ1) is 8.58. The first-order valence-electron chi connectivity index (χ1n) is 5.02. The number of thiophene rings is 1. The maximum atomic E-state index is 13.5. The number of rotatable bonds is 3. The summed E-state index contributed by atoms with van der Waals surface area (Å²) in [7, 11) is 0. The topological polar surface area (TPSA) is 37.3 Å². The highest BCUT2D eigenvalue weighted by atomic mass is 35.5. The minimum Gasteiger partial charge on any atom is -0.478 e. The molecular formula is C13H8ClFO2S. The van der Waals surface area contributed by atoms with Gasteiger partial charge in [0, 0.05) is 15.5 Å². The number of carboxylic acids is 1. The third kappa shape index (κ3) is 2.78. The molecule has 0 saturated carbocycles. The molecule has 1 aromatic carbocycles. The monoisotopic (exact) mass is 282 g/mol. The smallest absolute Gasteiger partial charge is 0.337 e. The van der Waals surface area contributed by atoms with E-state index in [1.54, 1.807) is 17.5 Å². The van der Waals surface area contributed by atoms with Crippen LogP contribution in [0.1, 0.15) is 10.4 Å². The van der Waals surface area contributed by atoms with Crippen molar-refractivity contribution in [2.75, 3.05) is 0 Å². The highest BCUT2D eigenvalue weighted by Gasteiger charge is 2.12. The van der Waals surface area contributed by atoms with Crippen LogP contribution in [0.25, 0.3) is 11.6 Å². The molecule has 1 aromatic heterocycles. The minimum atomic E-state index is -1.10. The van der Waals surface area contributed by atoms with E-state index in [1.807, 2.05) is 0 Å². The molecule has 2 rings (SSSR count). The second-order valence-corrected chi connectivity index (χ2v) is 4.89. The van der Waals surface area contributed by atoms with E-state index in [0.717, 1.165) is 0 Å². The predicted molar refractivity (Wildman–Crippen MR) is 71.2 cm³/mol. The van der Waals surface area contributed by atoms with Crippen molar-refractivity contribution in [3.8, 4) is 0 Å².